The van der Waals surface area contributed by atoms with Crippen LogP contribution in [0.5, 0.6) is 0 Å². The van der Waals surface area contributed by atoms with Crippen LogP contribution >= 0.6 is 0 Å². The van der Waals surface area contributed by atoms with Crippen LogP contribution < -0.4 is 10.5 Å². The van der Waals surface area contributed by atoms with E-state index >= 15 is 0 Å². The zero-order valence-electron chi connectivity index (χ0n) is 15.0. The van der Waals surface area contributed by atoms with E-state index in [0.29, 0.717) is 6.67 Å². The van der Waals surface area contributed by atoms with E-state index in [-0.39, 0.29) is 5.56 Å². The highest BCUT2D eigenvalue weighted by Crippen LogP contribution is 2.28. The Kier molecular flexibility index (Phi) is 4.71. The van der Waals surface area contributed by atoms with Gasteiger partial charge in [-0.15, -0.1) is 0 Å². The van der Waals surface area contributed by atoms with Gasteiger partial charge in [0, 0.05) is 23.5 Å². The first-order chi connectivity index (χ1) is 11.5. The highest BCUT2D eigenvalue weighted by molar-refractivity contribution is 5.59. The van der Waals surface area contributed by atoms with Gasteiger partial charge in [-0.05, 0) is 44.4 Å². The van der Waals surface area contributed by atoms with Crippen LogP contribution in [0.2, 0.25) is 0 Å². The van der Waals surface area contributed by atoms with Crippen molar-refractivity contribution in [3.8, 4) is 0 Å². The summed E-state index contributed by atoms with van der Waals surface area (Å²) in [7, 11) is 0. The first-order valence-corrected chi connectivity index (χ1v) is 8.72. The lowest BCUT2D eigenvalue weighted by molar-refractivity contribution is 0.198. The summed E-state index contributed by atoms with van der Waals surface area (Å²) in [4.78, 5) is 22.2. The van der Waals surface area contributed by atoms with Crippen LogP contribution in [0.25, 0.3) is 0 Å². The molecule has 0 aliphatic carbocycles. The van der Waals surface area contributed by atoms with Crippen molar-refractivity contribution in [2.75, 3.05) is 18.1 Å². The zero-order valence-corrected chi connectivity index (χ0v) is 15.0. The molecule has 1 aromatic carbocycles. The summed E-state index contributed by atoms with van der Waals surface area (Å²) in [5.41, 5.74) is 4.05. The number of rotatable bonds is 4. The monoisotopic (exact) mass is 326 g/mol. The molecular formula is C19H26N4O. The molecule has 0 amide bonds. The summed E-state index contributed by atoms with van der Waals surface area (Å²) in [5, 5.41) is 0. The summed E-state index contributed by atoms with van der Waals surface area (Å²) >= 11 is 0. The van der Waals surface area contributed by atoms with Crippen molar-refractivity contribution in [1.82, 2.24) is 14.5 Å². The quantitative estimate of drug-likeness (QED) is 0.865. The van der Waals surface area contributed by atoms with Gasteiger partial charge in [0.15, 0.2) is 0 Å². The fourth-order valence-electron chi connectivity index (χ4n) is 3.39. The second-order valence-electron chi connectivity index (χ2n) is 6.51. The van der Waals surface area contributed by atoms with E-state index < -0.39 is 0 Å². The van der Waals surface area contributed by atoms with Crippen molar-refractivity contribution < 1.29 is 0 Å². The number of fused-ring (bicyclic) bond motifs is 1. The van der Waals surface area contributed by atoms with Crippen LogP contribution in [-0.4, -0.2) is 27.7 Å². The number of nitrogens with zero attached hydrogens (tertiary/aromatic N) is 4. The number of benzene rings is 1. The zero-order chi connectivity index (χ0) is 17.3. The van der Waals surface area contributed by atoms with Crippen molar-refractivity contribution in [2.24, 2.45) is 0 Å². The molecule has 0 atom stereocenters. The maximum absolute atomic E-state index is 12.9. The second kappa shape index (κ2) is 6.77. The van der Waals surface area contributed by atoms with Crippen molar-refractivity contribution in [3.63, 3.8) is 0 Å². The minimum Gasteiger partial charge on any atom is -0.298 e. The maximum atomic E-state index is 12.9. The molecule has 1 aliphatic heterocycles. The Balaban J connectivity index is 2.16. The molecule has 0 unspecified atom stereocenters. The molecule has 2 heterocycles. The third kappa shape index (κ3) is 2.96. The topological polar surface area (TPSA) is 41.4 Å². The Bertz CT molecular complexity index is 796. The largest absolute Gasteiger partial charge is 0.298 e. The summed E-state index contributed by atoms with van der Waals surface area (Å²) in [5.74, 6) is 0.757. The molecule has 3 rings (SSSR count). The normalized spacial score (nSPS) is 14.8. The molecule has 0 fully saturated rings. The highest BCUT2D eigenvalue weighted by Gasteiger charge is 2.27. The lowest BCUT2D eigenvalue weighted by Crippen LogP contribution is -2.48. The Labute approximate surface area is 143 Å². The average molecular weight is 326 g/mol. The van der Waals surface area contributed by atoms with Crippen molar-refractivity contribution >= 4 is 11.6 Å². The van der Waals surface area contributed by atoms with Crippen molar-refractivity contribution in [2.45, 2.75) is 47.2 Å². The summed E-state index contributed by atoms with van der Waals surface area (Å²) in [6.45, 7) is 10.5. The highest BCUT2D eigenvalue weighted by atomic mass is 16.1. The van der Waals surface area contributed by atoms with E-state index in [2.05, 4.69) is 47.9 Å². The Morgan fingerprint density at radius 2 is 1.96 bits per heavy atom. The molecule has 0 saturated carbocycles. The molecule has 0 radical (unpaired) electrons. The molecular weight excluding hydrogens is 300 g/mol. The molecule has 0 saturated heterocycles. The third-order valence-electron chi connectivity index (χ3n) is 4.58. The van der Waals surface area contributed by atoms with Gasteiger partial charge in [0.25, 0.3) is 5.56 Å². The second-order valence-corrected chi connectivity index (χ2v) is 6.51. The van der Waals surface area contributed by atoms with Crippen LogP contribution in [0, 0.1) is 13.8 Å². The lowest BCUT2D eigenvalue weighted by atomic mass is 10.2. The van der Waals surface area contributed by atoms with Gasteiger partial charge >= 0.3 is 0 Å². The fourth-order valence-corrected chi connectivity index (χ4v) is 3.39. The SMILES string of the molecule is CCCN1CN(c2cccc(C)c2)c2nc(C)c(CC)c(=O)n2C1. The van der Waals surface area contributed by atoms with Gasteiger partial charge in [-0.1, -0.05) is 26.0 Å². The molecule has 2 aromatic rings. The van der Waals surface area contributed by atoms with Gasteiger partial charge in [0.2, 0.25) is 5.95 Å². The van der Waals surface area contributed by atoms with Crippen LogP contribution in [0.3, 0.4) is 0 Å². The van der Waals surface area contributed by atoms with Gasteiger partial charge in [-0.2, -0.15) is 0 Å². The molecule has 1 aliphatic rings. The minimum atomic E-state index is 0.0958. The van der Waals surface area contributed by atoms with E-state index in [1.807, 2.05) is 18.4 Å². The molecule has 24 heavy (non-hydrogen) atoms. The minimum absolute atomic E-state index is 0.0958. The first kappa shape index (κ1) is 16.7. The molecule has 5 nitrogen and oxygen atoms in total. The summed E-state index contributed by atoms with van der Waals surface area (Å²) < 4.78 is 1.83. The molecule has 5 heteroatoms. The predicted molar refractivity (Wildman–Crippen MR) is 97.8 cm³/mol. The van der Waals surface area contributed by atoms with E-state index in [1.54, 1.807) is 0 Å². The fraction of sp³-hybridized carbons (Fsp3) is 0.474. The van der Waals surface area contributed by atoms with E-state index in [1.165, 1.54) is 5.56 Å². The van der Waals surface area contributed by atoms with Crippen molar-refractivity contribution in [3.05, 3.63) is 51.4 Å². The van der Waals surface area contributed by atoms with Crippen LogP contribution in [0.4, 0.5) is 11.6 Å². The van der Waals surface area contributed by atoms with Gasteiger partial charge in [-0.3, -0.25) is 19.2 Å². The first-order valence-electron chi connectivity index (χ1n) is 8.72. The number of anilines is 2. The molecule has 0 spiro atoms. The Morgan fingerprint density at radius 1 is 1.17 bits per heavy atom. The van der Waals surface area contributed by atoms with Crippen LogP contribution in [-0.2, 0) is 13.1 Å². The van der Waals surface area contributed by atoms with Gasteiger partial charge in [0.1, 0.15) is 0 Å². The van der Waals surface area contributed by atoms with Crippen LogP contribution in [0.15, 0.2) is 29.1 Å². The van der Waals surface area contributed by atoms with E-state index in [4.69, 9.17) is 4.98 Å². The number of aromatic nitrogens is 2. The number of aryl methyl sites for hydroxylation is 2. The standard InChI is InChI=1S/C19H26N4O/c1-5-10-21-12-22(16-9-7-8-14(3)11-16)19-20-15(4)17(6-2)18(24)23(19)13-21/h7-9,11H,5-6,10,12-13H2,1-4H3. The number of hydrogen-bond donors (Lipinski definition) is 0. The Hall–Kier alpha value is -2.14. The lowest BCUT2D eigenvalue weighted by Gasteiger charge is -2.38. The summed E-state index contributed by atoms with van der Waals surface area (Å²) in [6.07, 6.45) is 1.78. The third-order valence-corrected chi connectivity index (χ3v) is 4.58. The van der Waals surface area contributed by atoms with Gasteiger partial charge in [-0.25, -0.2) is 4.98 Å². The maximum Gasteiger partial charge on any atom is 0.259 e. The van der Waals surface area contributed by atoms with Crippen LogP contribution in [0.1, 0.15) is 37.1 Å². The van der Waals surface area contributed by atoms with Crippen molar-refractivity contribution in [1.29, 1.82) is 0 Å². The average Bonchev–Trinajstić information content (AvgIpc) is 2.56. The van der Waals surface area contributed by atoms with E-state index in [9.17, 15) is 4.79 Å². The van der Waals surface area contributed by atoms with E-state index in [0.717, 1.165) is 48.9 Å². The number of hydrogen-bond acceptors (Lipinski definition) is 4. The van der Waals surface area contributed by atoms with Gasteiger partial charge in [0.05, 0.1) is 13.3 Å². The molecule has 0 N–H and O–H groups in total. The predicted octanol–water partition coefficient (Wildman–Crippen LogP) is 3.20. The molecule has 0 bridgehead atoms. The van der Waals surface area contributed by atoms with Gasteiger partial charge < -0.3 is 0 Å². The molecule has 128 valence electrons. The Morgan fingerprint density at radius 3 is 2.62 bits per heavy atom. The smallest absolute Gasteiger partial charge is 0.259 e. The summed E-state index contributed by atoms with van der Waals surface area (Å²) in [6, 6.07) is 8.37. The molecule has 1 aromatic heterocycles.